The van der Waals surface area contributed by atoms with Crippen molar-refractivity contribution < 1.29 is 9.59 Å². The minimum atomic E-state index is -0.426. The van der Waals surface area contributed by atoms with E-state index < -0.39 is 5.25 Å². The van der Waals surface area contributed by atoms with Gasteiger partial charge in [-0.1, -0.05) is 18.2 Å². The highest BCUT2D eigenvalue weighted by atomic mass is 32.2. The van der Waals surface area contributed by atoms with E-state index >= 15 is 0 Å². The summed E-state index contributed by atoms with van der Waals surface area (Å²) in [4.78, 5) is 28.1. The fourth-order valence-corrected chi connectivity index (χ4v) is 4.01. The van der Waals surface area contributed by atoms with Gasteiger partial charge in [-0.15, -0.1) is 23.5 Å². The molecule has 1 unspecified atom stereocenters. The summed E-state index contributed by atoms with van der Waals surface area (Å²) in [5, 5.41) is -0.426. The molecule has 1 heterocycles. The number of hydrogen-bond acceptors (Lipinski definition) is 5. The number of anilines is 2. The molecule has 0 bridgehead atoms. The lowest BCUT2D eigenvalue weighted by Gasteiger charge is -2.16. The normalized spacial score (nSPS) is 17.8. The third-order valence-corrected chi connectivity index (χ3v) is 5.61. The Bertz CT molecular complexity index is 764. The Kier molecular flexibility index (Phi) is 4.63. The summed E-state index contributed by atoms with van der Waals surface area (Å²) in [5.41, 5.74) is 7.19. The summed E-state index contributed by atoms with van der Waals surface area (Å²) in [5.74, 6) is -0.346. The molecule has 23 heavy (non-hydrogen) atoms. The first-order chi connectivity index (χ1) is 11.1. The Balaban J connectivity index is 1.84. The number of nitrogens with two attached hydrogens (primary N) is 1. The van der Waals surface area contributed by atoms with Crippen molar-refractivity contribution in [2.24, 2.45) is 0 Å². The first kappa shape index (κ1) is 16.0. The molecule has 1 fully saturated rings. The number of hydrogen-bond donors (Lipinski definition) is 1. The molecule has 1 saturated heterocycles. The van der Waals surface area contributed by atoms with Gasteiger partial charge in [0.1, 0.15) is 0 Å². The van der Waals surface area contributed by atoms with E-state index in [-0.39, 0.29) is 18.2 Å². The lowest BCUT2D eigenvalue weighted by Crippen LogP contribution is -2.31. The lowest BCUT2D eigenvalue weighted by atomic mass is 10.3. The van der Waals surface area contributed by atoms with Crippen molar-refractivity contribution in [1.82, 2.24) is 0 Å². The molecule has 0 spiro atoms. The van der Waals surface area contributed by atoms with Crippen LogP contribution < -0.4 is 10.6 Å². The van der Waals surface area contributed by atoms with Gasteiger partial charge >= 0.3 is 0 Å². The predicted octanol–water partition coefficient (Wildman–Crippen LogP) is 3.41. The third-order valence-electron chi connectivity index (χ3n) is 3.60. The van der Waals surface area contributed by atoms with Gasteiger partial charge < -0.3 is 5.73 Å². The van der Waals surface area contributed by atoms with Crippen LogP contribution in [0.3, 0.4) is 0 Å². The largest absolute Gasteiger partial charge is 0.398 e. The van der Waals surface area contributed by atoms with Crippen LogP contribution in [0.5, 0.6) is 0 Å². The Morgan fingerprint density at radius 3 is 2.65 bits per heavy atom. The molecular formula is C17H16N2O2S2. The highest BCUT2D eigenvalue weighted by molar-refractivity contribution is 8.01. The molecule has 1 aliphatic rings. The van der Waals surface area contributed by atoms with Crippen LogP contribution in [-0.2, 0) is 9.59 Å². The molecule has 6 heteroatoms. The molecule has 1 aliphatic heterocycles. The van der Waals surface area contributed by atoms with Gasteiger partial charge in [0.25, 0.3) is 0 Å². The summed E-state index contributed by atoms with van der Waals surface area (Å²) >= 11 is 2.93. The quantitative estimate of drug-likeness (QED) is 0.523. The van der Waals surface area contributed by atoms with Crippen LogP contribution in [0.25, 0.3) is 0 Å². The van der Waals surface area contributed by atoms with Crippen LogP contribution >= 0.6 is 23.5 Å². The van der Waals surface area contributed by atoms with E-state index in [1.165, 1.54) is 16.7 Å². The van der Waals surface area contributed by atoms with Crippen LogP contribution in [-0.4, -0.2) is 23.3 Å². The smallest absolute Gasteiger partial charge is 0.247 e. The van der Waals surface area contributed by atoms with Gasteiger partial charge in [0.2, 0.25) is 11.8 Å². The van der Waals surface area contributed by atoms with E-state index in [2.05, 4.69) is 0 Å². The first-order valence-corrected chi connectivity index (χ1v) is 9.22. The number of thioether (sulfide) groups is 2. The van der Waals surface area contributed by atoms with E-state index in [9.17, 15) is 9.59 Å². The maximum Gasteiger partial charge on any atom is 0.247 e. The molecule has 0 aliphatic carbocycles. The molecule has 118 valence electrons. The Labute approximate surface area is 143 Å². The number of para-hydroxylation sites is 1. The molecule has 2 aromatic carbocycles. The van der Waals surface area contributed by atoms with Crippen LogP contribution in [0, 0.1) is 0 Å². The van der Waals surface area contributed by atoms with Gasteiger partial charge in [0.05, 0.1) is 10.9 Å². The highest BCUT2D eigenvalue weighted by Gasteiger charge is 2.40. The summed E-state index contributed by atoms with van der Waals surface area (Å²) in [6.45, 7) is 0. The molecular weight excluding hydrogens is 328 g/mol. The zero-order valence-electron chi connectivity index (χ0n) is 12.6. The minimum Gasteiger partial charge on any atom is -0.398 e. The molecule has 2 N–H and O–H groups in total. The number of amides is 2. The molecule has 2 amide bonds. The first-order valence-electron chi connectivity index (χ1n) is 7.12. The van der Waals surface area contributed by atoms with Crippen molar-refractivity contribution in [3.63, 3.8) is 0 Å². The van der Waals surface area contributed by atoms with Gasteiger partial charge in [-0.2, -0.15) is 0 Å². The monoisotopic (exact) mass is 344 g/mol. The fourth-order valence-electron chi connectivity index (χ4n) is 2.46. The van der Waals surface area contributed by atoms with Crippen LogP contribution in [0.2, 0.25) is 0 Å². The van der Waals surface area contributed by atoms with Crippen molar-refractivity contribution in [2.45, 2.75) is 21.5 Å². The van der Waals surface area contributed by atoms with E-state index in [1.807, 2.05) is 42.7 Å². The van der Waals surface area contributed by atoms with E-state index in [1.54, 1.807) is 23.9 Å². The lowest BCUT2D eigenvalue weighted by molar-refractivity contribution is -0.121. The fraction of sp³-hybridized carbons (Fsp3) is 0.176. The SMILES string of the molecule is CSc1cccc(N2C(=O)CC(Sc3ccccc3N)C2=O)c1. The zero-order chi connectivity index (χ0) is 16.4. The van der Waals surface area contributed by atoms with Crippen LogP contribution in [0.15, 0.2) is 58.3 Å². The number of carbonyl (C=O) groups is 2. The van der Waals surface area contributed by atoms with Gasteiger partial charge in [0.15, 0.2) is 0 Å². The molecule has 0 aromatic heterocycles. The number of imide groups is 1. The highest BCUT2D eigenvalue weighted by Crippen LogP contribution is 2.36. The Morgan fingerprint density at radius 2 is 1.91 bits per heavy atom. The second-order valence-electron chi connectivity index (χ2n) is 5.12. The van der Waals surface area contributed by atoms with Crippen molar-refractivity contribution in [1.29, 1.82) is 0 Å². The van der Waals surface area contributed by atoms with Gasteiger partial charge in [-0.25, -0.2) is 4.90 Å². The van der Waals surface area contributed by atoms with Crippen molar-refractivity contribution >= 4 is 46.7 Å². The van der Waals surface area contributed by atoms with E-state index in [4.69, 9.17) is 5.73 Å². The molecule has 2 aromatic rings. The van der Waals surface area contributed by atoms with Gasteiger partial charge in [-0.05, 0) is 36.6 Å². The standard InChI is InChI=1S/C17H16N2O2S2/c1-22-12-6-4-5-11(9-12)19-16(20)10-15(17(19)21)23-14-8-3-2-7-13(14)18/h2-9,15H,10,18H2,1H3. The predicted molar refractivity (Wildman–Crippen MR) is 95.8 cm³/mol. The minimum absolute atomic E-state index is 0.166. The van der Waals surface area contributed by atoms with Crippen LogP contribution in [0.1, 0.15) is 6.42 Å². The summed E-state index contributed by atoms with van der Waals surface area (Å²) < 4.78 is 0. The van der Waals surface area contributed by atoms with Crippen LogP contribution in [0.4, 0.5) is 11.4 Å². The van der Waals surface area contributed by atoms with Gasteiger partial charge in [-0.3, -0.25) is 9.59 Å². The molecule has 0 radical (unpaired) electrons. The molecule has 3 rings (SSSR count). The number of nitrogen functional groups attached to an aromatic ring is 1. The topological polar surface area (TPSA) is 63.4 Å². The van der Waals surface area contributed by atoms with E-state index in [0.29, 0.717) is 11.4 Å². The average molecular weight is 344 g/mol. The molecule has 4 nitrogen and oxygen atoms in total. The average Bonchev–Trinajstić information content (AvgIpc) is 2.83. The molecule has 0 saturated carbocycles. The maximum absolute atomic E-state index is 12.7. The van der Waals surface area contributed by atoms with Crippen molar-refractivity contribution in [3.8, 4) is 0 Å². The second-order valence-corrected chi connectivity index (χ2v) is 7.24. The summed E-state index contributed by atoms with van der Waals surface area (Å²) in [7, 11) is 0. The summed E-state index contributed by atoms with van der Waals surface area (Å²) in [6.07, 6.45) is 2.16. The maximum atomic E-state index is 12.7. The Morgan fingerprint density at radius 1 is 1.13 bits per heavy atom. The molecule has 1 atom stereocenters. The van der Waals surface area contributed by atoms with Crippen molar-refractivity contribution in [3.05, 3.63) is 48.5 Å². The van der Waals surface area contributed by atoms with E-state index in [0.717, 1.165) is 9.79 Å². The zero-order valence-corrected chi connectivity index (χ0v) is 14.2. The van der Waals surface area contributed by atoms with Gasteiger partial charge in [0, 0.05) is 21.9 Å². The number of benzene rings is 2. The van der Waals surface area contributed by atoms with Crippen molar-refractivity contribution in [2.75, 3.05) is 16.9 Å². The number of carbonyl (C=O) groups excluding carboxylic acids is 2. The Hall–Kier alpha value is -1.92. The third kappa shape index (κ3) is 3.23. The second kappa shape index (κ2) is 6.68. The summed E-state index contributed by atoms with van der Waals surface area (Å²) in [6, 6.07) is 14.9. The number of nitrogens with zero attached hydrogens (tertiary/aromatic N) is 1. The number of rotatable bonds is 4.